The lowest BCUT2D eigenvalue weighted by Gasteiger charge is -2.30. The van der Waals surface area contributed by atoms with Gasteiger partial charge < -0.3 is 14.4 Å². The summed E-state index contributed by atoms with van der Waals surface area (Å²) < 4.78 is 11.0. The lowest BCUT2D eigenvalue weighted by molar-refractivity contribution is 0.0270. The lowest BCUT2D eigenvalue weighted by Crippen LogP contribution is -2.39. The number of hydrogen-bond donors (Lipinski definition) is 0. The number of ether oxygens (including phenoxy) is 2. The van der Waals surface area contributed by atoms with Gasteiger partial charge in [-0.25, -0.2) is 9.59 Å². The molecular weight excluding hydrogens is 404 g/mol. The molecule has 2 aromatic rings. The topological polar surface area (TPSA) is 59.1 Å². The molecule has 0 bridgehead atoms. The van der Waals surface area contributed by atoms with Crippen molar-refractivity contribution in [2.24, 2.45) is 0 Å². The summed E-state index contributed by atoms with van der Waals surface area (Å²) in [6.45, 7) is 7.64. The highest BCUT2D eigenvalue weighted by molar-refractivity contribution is 5.92. The van der Waals surface area contributed by atoms with Crippen LogP contribution in [0.5, 0.6) is 0 Å². The summed E-state index contributed by atoms with van der Waals surface area (Å²) >= 11 is 0. The maximum Gasteiger partial charge on any atom is 0.414 e. The van der Waals surface area contributed by atoms with Crippen LogP contribution in [0.25, 0.3) is 5.57 Å². The number of fused-ring (bicyclic) bond motifs is 1. The molecule has 168 valence electrons. The largest absolute Gasteiger partial charge is 0.444 e. The Morgan fingerprint density at radius 1 is 0.938 bits per heavy atom. The highest BCUT2D eigenvalue weighted by atomic mass is 16.6. The molecule has 4 rings (SSSR count). The Kier molecular flexibility index (Phi) is 6.21. The summed E-state index contributed by atoms with van der Waals surface area (Å²) in [7, 11) is 0. The van der Waals surface area contributed by atoms with Gasteiger partial charge in [0.2, 0.25) is 0 Å². The van der Waals surface area contributed by atoms with Crippen LogP contribution in [0.1, 0.15) is 43.9 Å². The molecule has 0 aromatic heterocycles. The van der Waals surface area contributed by atoms with Gasteiger partial charge in [-0.3, -0.25) is 4.90 Å². The van der Waals surface area contributed by atoms with E-state index in [9.17, 15) is 9.59 Å². The van der Waals surface area contributed by atoms with Gasteiger partial charge in [-0.15, -0.1) is 0 Å². The van der Waals surface area contributed by atoms with Crippen molar-refractivity contribution in [2.75, 3.05) is 24.5 Å². The molecule has 2 aromatic carbocycles. The van der Waals surface area contributed by atoms with Gasteiger partial charge in [0.05, 0.1) is 5.69 Å². The van der Waals surface area contributed by atoms with Crippen LogP contribution in [-0.4, -0.2) is 42.3 Å². The van der Waals surface area contributed by atoms with E-state index < -0.39 is 5.60 Å². The minimum Gasteiger partial charge on any atom is -0.444 e. The van der Waals surface area contributed by atoms with Gasteiger partial charge in [0.15, 0.2) is 0 Å². The van der Waals surface area contributed by atoms with Crippen LogP contribution >= 0.6 is 0 Å². The summed E-state index contributed by atoms with van der Waals surface area (Å²) in [6, 6.07) is 15.8. The van der Waals surface area contributed by atoms with E-state index in [0.717, 1.165) is 29.7 Å². The Morgan fingerprint density at radius 3 is 2.41 bits per heavy atom. The fourth-order valence-electron chi connectivity index (χ4n) is 4.13. The van der Waals surface area contributed by atoms with Crippen LogP contribution in [0.3, 0.4) is 0 Å². The molecule has 0 radical (unpaired) electrons. The maximum atomic E-state index is 12.7. The molecule has 0 aliphatic carbocycles. The Hall–Kier alpha value is -3.28. The van der Waals surface area contributed by atoms with Crippen molar-refractivity contribution in [2.45, 2.75) is 45.8 Å². The molecule has 2 aliphatic heterocycles. The normalized spacial score (nSPS) is 15.8. The van der Waals surface area contributed by atoms with Gasteiger partial charge in [-0.1, -0.05) is 48.5 Å². The molecule has 2 aliphatic rings. The Balaban J connectivity index is 1.44. The van der Waals surface area contributed by atoms with Crippen LogP contribution in [0.15, 0.2) is 54.6 Å². The molecule has 6 heteroatoms. The summed E-state index contributed by atoms with van der Waals surface area (Å²) in [6.07, 6.45) is 3.05. The Morgan fingerprint density at radius 2 is 1.72 bits per heavy atom. The minimum absolute atomic E-state index is 0.261. The molecule has 0 spiro atoms. The highest BCUT2D eigenvalue weighted by Crippen LogP contribution is 2.36. The van der Waals surface area contributed by atoms with E-state index >= 15 is 0 Å². The number of hydrogen-bond acceptors (Lipinski definition) is 4. The summed E-state index contributed by atoms with van der Waals surface area (Å²) in [5.41, 5.74) is 4.92. The third-order valence-corrected chi connectivity index (χ3v) is 5.66. The molecule has 6 nitrogen and oxygen atoms in total. The minimum atomic E-state index is -0.500. The molecule has 2 amide bonds. The zero-order valence-electron chi connectivity index (χ0n) is 19.0. The molecule has 0 fully saturated rings. The zero-order chi connectivity index (χ0) is 22.7. The monoisotopic (exact) mass is 434 g/mol. The van der Waals surface area contributed by atoms with Crippen LogP contribution in [0, 0.1) is 0 Å². The SMILES string of the molecule is CC(C)(C)OC(=O)N1CC=C(c2cccc3c2CCN3C(=O)OCc2ccccc2)CC1. The van der Waals surface area contributed by atoms with E-state index in [1.54, 1.807) is 9.80 Å². The molecule has 0 unspecified atom stereocenters. The number of rotatable bonds is 3. The second-order valence-electron chi connectivity index (χ2n) is 9.15. The van der Waals surface area contributed by atoms with Gasteiger partial charge >= 0.3 is 12.2 Å². The first kappa shape index (κ1) is 21.9. The van der Waals surface area contributed by atoms with Crippen LogP contribution < -0.4 is 4.90 Å². The smallest absolute Gasteiger partial charge is 0.414 e. The van der Waals surface area contributed by atoms with Gasteiger partial charge in [-0.05, 0) is 61.9 Å². The summed E-state index contributed by atoms with van der Waals surface area (Å²) in [5.74, 6) is 0. The molecule has 0 atom stereocenters. The van der Waals surface area contributed by atoms with Crippen molar-refractivity contribution in [3.05, 3.63) is 71.3 Å². The lowest BCUT2D eigenvalue weighted by atomic mass is 9.93. The van der Waals surface area contributed by atoms with Crippen LogP contribution in [0.2, 0.25) is 0 Å². The molecule has 32 heavy (non-hydrogen) atoms. The number of carbonyl (C=O) groups excluding carboxylic acids is 2. The number of anilines is 1. The van der Waals surface area contributed by atoms with Crippen LogP contribution in [-0.2, 0) is 22.5 Å². The molecular formula is C26H30N2O4. The molecule has 2 heterocycles. The van der Waals surface area contributed by atoms with Crippen molar-refractivity contribution in [1.29, 1.82) is 0 Å². The Labute approximate surface area is 189 Å². The zero-order valence-corrected chi connectivity index (χ0v) is 19.0. The second kappa shape index (κ2) is 9.07. The molecule has 0 saturated heterocycles. The third-order valence-electron chi connectivity index (χ3n) is 5.66. The highest BCUT2D eigenvalue weighted by Gasteiger charge is 2.30. The first-order valence-electron chi connectivity index (χ1n) is 11.1. The van der Waals surface area contributed by atoms with Crippen molar-refractivity contribution in [1.82, 2.24) is 4.90 Å². The quantitative estimate of drug-likeness (QED) is 0.648. The van der Waals surface area contributed by atoms with Gasteiger partial charge in [0.1, 0.15) is 12.2 Å². The third kappa shape index (κ3) is 4.96. The van der Waals surface area contributed by atoms with Gasteiger partial charge in [0, 0.05) is 19.6 Å². The van der Waals surface area contributed by atoms with E-state index in [4.69, 9.17) is 9.47 Å². The number of carbonyl (C=O) groups is 2. The first-order chi connectivity index (χ1) is 15.3. The Bertz CT molecular complexity index is 1020. The van der Waals surface area contributed by atoms with Crippen molar-refractivity contribution >= 4 is 23.4 Å². The number of amides is 2. The second-order valence-corrected chi connectivity index (χ2v) is 9.15. The molecule has 0 N–H and O–H groups in total. The van der Waals surface area contributed by atoms with Crippen molar-refractivity contribution < 1.29 is 19.1 Å². The predicted molar refractivity (Wildman–Crippen MR) is 125 cm³/mol. The maximum absolute atomic E-state index is 12.7. The fraction of sp³-hybridized carbons (Fsp3) is 0.385. The van der Waals surface area contributed by atoms with Gasteiger partial charge in [0.25, 0.3) is 0 Å². The standard InChI is InChI=1S/C26H30N2O4/c1-26(2,3)32-24(29)27-15-12-20(13-16-27)21-10-7-11-23-22(21)14-17-28(23)25(30)31-18-19-8-5-4-6-9-19/h4-12H,13-18H2,1-3H3. The fourth-order valence-corrected chi connectivity index (χ4v) is 4.13. The molecule has 0 saturated carbocycles. The van der Waals surface area contributed by atoms with Gasteiger partial charge in [-0.2, -0.15) is 0 Å². The average molecular weight is 435 g/mol. The van der Waals surface area contributed by atoms with Crippen LogP contribution in [0.4, 0.5) is 15.3 Å². The number of benzene rings is 2. The predicted octanol–water partition coefficient (Wildman–Crippen LogP) is 5.41. The van der Waals surface area contributed by atoms with E-state index in [0.29, 0.717) is 19.6 Å². The van der Waals surface area contributed by atoms with E-state index in [1.807, 2.05) is 63.2 Å². The van der Waals surface area contributed by atoms with E-state index in [1.165, 1.54) is 11.1 Å². The summed E-state index contributed by atoms with van der Waals surface area (Å²) in [5, 5.41) is 0. The van der Waals surface area contributed by atoms with E-state index in [-0.39, 0.29) is 18.8 Å². The number of nitrogens with zero attached hydrogens (tertiary/aromatic N) is 2. The van der Waals surface area contributed by atoms with Crippen molar-refractivity contribution in [3.8, 4) is 0 Å². The summed E-state index contributed by atoms with van der Waals surface area (Å²) in [4.78, 5) is 28.5. The van der Waals surface area contributed by atoms with Crippen molar-refractivity contribution in [3.63, 3.8) is 0 Å². The first-order valence-corrected chi connectivity index (χ1v) is 11.1. The average Bonchev–Trinajstić information content (AvgIpc) is 3.21. The van der Waals surface area contributed by atoms with E-state index in [2.05, 4.69) is 12.1 Å².